The third-order valence-electron chi connectivity index (χ3n) is 4.46. The summed E-state index contributed by atoms with van der Waals surface area (Å²) in [4.78, 5) is 21.2. The van der Waals surface area contributed by atoms with Crippen LogP contribution in [0.25, 0.3) is 10.2 Å². The number of hydrogen-bond acceptors (Lipinski definition) is 7. The molecule has 0 saturated carbocycles. The molecule has 0 aliphatic carbocycles. The van der Waals surface area contributed by atoms with Crippen LogP contribution in [-0.2, 0) is 14.6 Å². The number of halogens is 2. The molecule has 7 nitrogen and oxygen atoms in total. The largest absolute Gasteiger partial charge is 0.492 e. The van der Waals surface area contributed by atoms with Crippen molar-refractivity contribution in [1.29, 1.82) is 0 Å². The summed E-state index contributed by atoms with van der Waals surface area (Å²) in [6.45, 7) is 3.25. The van der Waals surface area contributed by atoms with E-state index in [1.54, 1.807) is 0 Å². The number of sulfone groups is 1. The Morgan fingerprint density at radius 2 is 1.81 bits per heavy atom. The minimum Gasteiger partial charge on any atom is -0.492 e. The van der Waals surface area contributed by atoms with E-state index in [4.69, 9.17) is 16.3 Å². The van der Waals surface area contributed by atoms with Crippen molar-refractivity contribution in [2.75, 3.05) is 44.4 Å². The summed E-state index contributed by atoms with van der Waals surface area (Å²) < 4.78 is 32.1. The number of nitrogens with zero attached hydrogens (tertiary/aromatic N) is 3. The Morgan fingerprint density at radius 1 is 1.12 bits per heavy atom. The maximum absolute atomic E-state index is 13.1. The van der Waals surface area contributed by atoms with E-state index in [-0.39, 0.29) is 17.3 Å². The number of carbonyl (C=O) groups excluding carboxylic acids is 1. The molecule has 2 aromatic carbocycles. The molecule has 0 unspecified atom stereocenters. The molecule has 0 saturated heterocycles. The van der Waals surface area contributed by atoms with Gasteiger partial charge in [0.05, 0.1) is 16.2 Å². The average molecular weight is 518 g/mol. The molecule has 1 heterocycles. The van der Waals surface area contributed by atoms with E-state index in [0.717, 1.165) is 4.70 Å². The van der Waals surface area contributed by atoms with E-state index >= 15 is 0 Å². The first-order valence-corrected chi connectivity index (χ1v) is 12.5. The van der Waals surface area contributed by atoms with Gasteiger partial charge in [-0.25, -0.2) is 13.4 Å². The second kappa shape index (κ2) is 11.3. The number of carbonyl (C=O) groups is 1. The summed E-state index contributed by atoms with van der Waals surface area (Å²) in [5.74, 6) is -0.554. The third-order valence-corrected chi connectivity index (χ3v) is 7.37. The predicted octanol–water partition coefficient (Wildman–Crippen LogP) is 4.14. The smallest absolute Gasteiger partial charge is 0.244 e. The number of likely N-dealkylation sites (N-methyl/N-ethyl adjacent to an activating group) is 1. The Balaban J connectivity index is 0.00000363. The number of para-hydroxylation sites is 1. The van der Waals surface area contributed by atoms with Crippen molar-refractivity contribution in [3.8, 4) is 5.75 Å². The second-order valence-electron chi connectivity index (χ2n) is 7.09. The third kappa shape index (κ3) is 6.32. The van der Waals surface area contributed by atoms with E-state index in [9.17, 15) is 13.2 Å². The summed E-state index contributed by atoms with van der Waals surface area (Å²) in [6, 6.07) is 11.4. The van der Waals surface area contributed by atoms with Crippen LogP contribution in [0.1, 0.15) is 6.92 Å². The molecule has 1 aromatic heterocycles. The van der Waals surface area contributed by atoms with Crippen LogP contribution < -0.4 is 9.64 Å². The first-order chi connectivity index (χ1) is 14.7. The molecule has 0 aliphatic rings. The normalized spacial score (nSPS) is 11.4. The number of hydrogen-bond donors (Lipinski definition) is 0. The Kier molecular flexibility index (Phi) is 9.29. The van der Waals surface area contributed by atoms with Gasteiger partial charge in [0.1, 0.15) is 17.0 Å². The molecule has 174 valence electrons. The number of rotatable bonds is 9. The maximum atomic E-state index is 13.1. The fourth-order valence-electron chi connectivity index (χ4n) is 2.89. The average Bonchev–Trinajstić information content (AvgIpc) is 3.13. The lowest BCUT2D eigenvalue weighted by Gasteiger charge is -2.22. The number of ether oxygens (including phenoxy) is 1. The van der Waals surface area contributed by atoms with Gasteiger partial charge in [0.15, 0.2) is 15.0 Å². The summed E-state index contributed by atoms with van der Waals surface area (Å²) >= 11 is 7.18. The minimum absolute atomic E-state index is 0. The number of fused-ring (bicyclic) bond motifs is 1. The van der Waals surface area contributed by atoms with Gasteiger partial charge in [-0.05, 0) is 57.4 Å². The molecular weight excluding hydrogens is 493 g/mol. The van der Waals surface area contributed by atoms with Crippen LogP contribution in [0.4, 0.5) is 5.13 Å². The van der Waals surface area contributed by atoms with Gasteiger partial charge in [-0.1, -0.05) is 29.0 Å². The molecule has 0 fully saturated rings. The van der Waals surface area contributed by atoms with Gasteiger partial charge in [0, 0.05) is 18.1 Å². The van der Waals surface area contributed by atoms with E-state index < -0.39 is 21.5 Å². The van der Waals surface area contributed by atoms with Crippen molar-refractivity contribution in [1.82, 2.24) is 9.88 Å². The van der Waals surface area contributed by atoms with Crippen molar-refractivity contribution in [3.63, 3.8) is 0 Å². The summed E-state index contributed by atoms with van der Waals surface area (Å²) in [5.41, 5.74) is 0.660. The van der Waals surface area contributed by atoms with Crippen LogP contribution in [0.5, 0.6) is 5.75 Å². The monoisotopic (exact) mass is 517 g/mol. The molecule has 0 bridgehead atoms. The number of aromatic nitrogens is 1. The zero-order valence-electron chi connectivity index (χ0n) is 17.9. The van der Waals surface area contributed by atoms with Gasteiger partial charge in [0.25, 0.3) is 0 Å². The van der Waals surface area contributed by atoms with Gasteiger partial charge in [0.2, 0.25) is 5.91 Å². The van der Waals surface area contributed by atoms with Crippen molar-refractivity contribution in [2.45, 2.75) is 11.8 Å². The summed E-state index contributed by atoms with van der Waals surface area (Å²) in [6.07, 6.45) is 0. The van der Waals surface area contributed by atoms with Crippen LogP contribution in [-0.4, -0.2) is 63.8 Å². The molecule has 11 heteroatoms. The standard InChI is InChI=1S/C21H24ClN3O4S2.ClH/c1-4-29-17-6-5-7-18-20(17)23-21(30-18)25(13-12-24(2)3)19(26)14-31(27,28)16-10-8-15(22)9-11-16;/h5-11H,4,12-14H2,1-3H3;1H. The first-order valence-electron chi connectivity index (χ1n) is 9.67. The highest BCUT2D eigenvalue weighted by atomic mass is 35.5. The van der Waals surface area contributed by atoms with Gasteiger partial charge < -0.3 is 9.64 Å². The fourth-order valence-corrected chi connectivity index (χ4v) is 5.24. The van der Waals surface area contributed by atoms with Crippen LogP contribution in [0.3, 0.4) is 0 Å². The number of benzene rings is 2. The van der Waals surface area contributed by atoms with E-state index in [0.29, 0.717) is 41.1 Å². The van der Waals surface area contributed by atoms with Crippen LogP contribution in [0, 0.1) is 0 Å². The summed E-state index contributed by atoms with van der Waals surface area (Å²) in [7, 11) is -0.0509. The Bertz CT molecular complexity index is 1170. The molecule has 3 aromatic rings. The number of thiazole rings is 1. The quantitative estimate of drug-likeness (QED) is 0.424. The van der Waals surface area contributed by atoms with E-state index in [1.807, 2.05) is 44.1 Å². The van der Waals surface area contributed by atoms with Gasteiger partial charge >= 0.3 is 0 Å². The molecule has 0 atom stereocenters. The highest BCUT2D eigenvalue weighted by molar-refractivity contribution is 7.92. The van der Waals surface area contributed by atoms with Gasteiger partial charge in [-0.2, -0.15) is 0 Å². The highest BCUT2D eigenvalue weighted by Crippen LogP contribution is 2.34. The lowest BCUT2D eigenvalue weighted by atomic mass is 10.3. The van der Waals surface area contributed by atoms with Crippen LogP contribution >= 0.6 is 35.3 Å². The second-order valence-corrected chi connectivity index (χ2v) is 10.5. The fraction of sp³-hybridized carbons (Fsp3) is 0.333. The Labute approximate surface area is 203 Å². The van der Waals surface area contributed by atoms with E-state index in [2.05, 4.69) is 4.98 Å². The van der Waals surface area contributed by atoms with Crippen molar-refractivity contribution >= 4 is 66.4 Å². The van der Waals surface area contributed by atoms with Gasteiger partial charge in [-0.3, -0.25) is 9.69 Å². The van der Waals surface area contributed by atoms with E-state index in [1.165, 1.54) is 40.5 Å². The lowest BCUT2D eigenvalue weighted by molar-refractivity contribution is -0.116. The highest BCUT2D eigenvalue weighted by Gasteiger charge is 2.27. The molecule has 32 heavy (non-hydrogen) atoms. The minimum atomic E-state index is -3.83. The zero-order chi connectivity index (χ0) is 22.6. The van der Waals surface area contributed by atoms with Crippen molar-refractivity contribution in [3.05, 3.63) is 47.5 Å². The van der Waals surface area contributed by atoms with Crippen LogP contribution in [0.2, 0.25) is 5.02 Å². The molecular formula is C21H25Cl2N3O4S2. The van der Waals surface area contributed by atoms with Gasteiger partial charge in [-0.15, -0.1) is 12.4 Å². The molecule has 1 amide bonds. The van der Waals surface area contributed by atoms with Crippen LogP contribution in [0.15, 0.2) is 47.4 Å². The molecule has 0 spiro atoms. The molecule has 0 N–H and O–H groups in total. The summed E-state index contributed by atoms with van der Waals surface area (Å²) in [5, 5.41) is 0.873. The molecule has 3 rings (SSSR count). The van der Waals surface area contributed by atoms with Crippen molar-refractivity contribution < 1.29 is 17.9 Å². The van der Waals surface area contributed by atoms with Crippen molar-refractivity contribution in [2.24, 2.45) is 0 Å². The topological polar surface area (TPSA) is 79.8 Å². The first kappa shape index (κ1) is 26.3. The number of amides is 1. The Hall–Kier alpha value is -1.91. The maximum Gasteiger partial charge on any atom is 0.244 e. The zero-order valence-corrected chi connectivity index (χ0v) is 21.2. The SMILES string of the molecule is CCOc1cccc2sc(N(CCN(C)C)C(=O)CS(=O)(=O)c3ccc(Cl)cc3)nc12.Cl. The predicted molar refractivity (Wildman–Crippen MR) is 132 cm³/mol. The lowest BCUT2D eigenvalue weighted by Crippen LogP contribution is -2.40. The Morgan fingerprint density at radius 3 is 2.44 bits per heavy atom. The number of anilines is 1. The molecule has 0 radical (unpaired) electrons. The molecule has 0 aliphatic heterocycles.